The number of nitrogens with one attached hydrogen (secondary N) is 2. The van der Waals surface area contributed by atoms with Gasteiger partial charge in [-0.3, -0.25) is 0 Å². The molecule has 2 nitrogen and oxygen atoms in total. The summed E-state index contributed by atoms with van der Waals surface area (Å²) < 4.78 is 0. The van der Waals surface area contributed by atoms with Crippen LogP contribution in [0.5, 0.6) is 0 Å². The summed E-state index contributed by atoms with van der Waals surface area (Å²) in [5.74, 6) is 0.675. The van der Waals surface area contributed by atoms with Gasteiger partial charge in [0.15, 0.2) is 0 Å². The van der Waals surface area contributed by atoms with E-state index in [4.69, 9.17) is 11.6 Å². The zero-order chi connectivity index (χ0) is 11.0. The molecule has 3 rings (SSSR count). The van der Waals surface area contributed by atoms with Gasteiger partial charge in [-0.25, -0.2) is 0 Å². The molecule has 2 N–H and O–H groups in total. The highest BCUT2D eigenvalue weighted by Gasteiger charge is 2.18. The van der Waals surface area contributed by atoms with E-state index in [0.29, 0.717) is 5.92 Å². The average molecular weight is 271 g/mol. The smallest absolute Gasteiger partial charge is 0.0457 e. The predicted molar refractivity (Wildman–Crippen MR) is 75.4 cm³/mol. The van der Waals surface area contributed by atoms with Crippen molar-refractivity contribution in [2.45, 2.75) is 18.8 Å². The Balaban J connectivity index is 0.00000108. The molecule has 0 spiro atoms. The van der Waals surface area contributed by atoms with Crippen LogP contribution in [-0.4, -0.2) is 18.1 Å². The predicted octanol–water partition coefficient (Wildman–Crippen LogP) is 3.71. The number of piperidine rings is 1. The van der Waals surface area contributed by atoms with Crippen molar-refractivity contribution in [1.82, 2.24) is 10.3 Å². The molecule has 0 aliphatic carbocycles. The molecule has 1 aromatic heterocycles. The molecule has 1 saturated heterocycles. The molecule has 2 aromatic rings. The van der Waals surface area contributed by atoms with Gasteiger partial charge in [-0.2, -0.15) is 0 Å². The third-order valence-electron chi connectivity index (χ3n) is 3.45. The third kappa shape index (κ3) is 2.44. The maximum absolute atomic E-state index is 6.06. The van der Waals surface area contributed by atoms with Crippen molar-refractivity contribution in [2.75, 3.05) is 13.1 Å². The van der Waals surface area contributed by atoms with E-state index in [9.17, 15) is 0 Å². The highest BCUT2D eigenvalue weighted by molar-refractivity contribution is 6.31. The number of hydrogen-bond donors (Lipinski definition) is 2. The Hall–Kier alpha value is -0.700. The number of aromatic nitrogens is 1. The molecule has 0 saturated carbocycles. The van der Waals surface area contributed by atoms with Crippen molar-refractivity contribution in [3.05, 3.63) is 35.0 Å². The summed E-state index contributed by atoms with van der Waals surface area (Å²) in [7, 11) is 0. The molecule has 1 aliphatic heterocycles. The maximum Gasteiger partial charge on any atom is 0.0457 e. The number of hydrogen-bond acceptors (Lipinski definition) is 1. The lowest BCUT2D eigenvalue weighted by atomic mass is 9.90. The minimum atomic E-state index is 0. The van der Waals surface area contributed by atoms with E-state index in [0.717, 1.165) is 18.1 Å². The van der Waals surface area contributed by atoms with Crippen molar-refractivity contribution >= 4 is 34.9 Å². The second-order valence-electron chi connectivity index (χ2n) is 4.46. The van der Waals surface area contributed by atoms with Gasteiger partial charge >= 0.3 is 0 Å². The largest absolute Gasteiger partial charge is 0.361 e. The quantitative estimate of drug-likeness (QED) is 0.813. The number of benzene rings is 1. The van der Waals surface area contributed by atoms with E-state index in [1.165, 1.54) is 29.3 Å². The van der Waals surface area contributed by atoms with Gasteiger partial charge in [-0.15, -0.1) is 12.4 Å². The van der Waals surface area contributed by atoms with Crippen LogP contribution in [-0.2, 0) is 0 Å². The normalized spacial score (nSPS) is 17.0. The van der Waals surface area contributed by atoms with Gasteiger partial charge in [0.25, 0.3) is 0 Å². The Morgan fingerprint density at radius 3 is 2.71 bits per heavy atom. The van der Waals surface area contributed by atoms with Crippen LogP contribution < -0.4 is 5.32 Å². The molecule has 92 valence electrons. The fourth-order valence-corrected chi connectivity index (χ4v) is 2.76. The fourth-order valence-electron chi connectivity index (χ4n) is 2.59. The summed E-state index contributed by atoms with van der Waals surface area (Å²) in [5.41, 5.74) is 2.62. The first-order valence-corrected chi connectivity index (χ1v) is 6.19. The number of rotatable bonds is 1. The molecule has 0 radical (unpaired) electrons. The van der Waals surface area contributed by atoms with Gasteiger partial charge < -0.3 is 10.3 Å². The first-order valence-electron chi connectivity index (χ1n) is 5.82. The van der Waals surface area contributed by atoms with Crippen LogP contribution in [0.3, 0.4) is 0 Å². The summed E-state index contributed by atoms with van der Waals surface area (Å²) in [4.78, 5) is 3.33. The molecular formula is C13H16Cl2N2. The van der Waals surface area contributed by atoms with Gasteiger partial charge in [-0.1, -0.05) is 11.6 Å². The highest BCUT2D eigenvalue weighted by atomic mass is 35.5. The van der Waals surface area contributed by atoms with Crippen LogP contribution in [0.25, 0.3) is 10.9 Å². The SMILES string of the molecule is Cl.Clc1ccc2[nH]cc(C3CCNCC3)c2c1. The average Bonchev–Trinajstić information content (AvgIpc) is 2.73. The Morgan fingerprint density at radius 2 is 1.94 bits per heavy atom. The van der Waals surface area contributed by atoms with Crippen molar-refractivity contribution < 1.29 is 0 Å². The minimum Gasteiger partial charge on any atom is -0.361 e. The van der Waals surface area contributed by atoms with Crippen LogP contribution in [0.15, 0.2) is 24.4 Å². The fraction of sp³-hybridized carbons (Fsp3) is 0.385. The maximum atomic E-state index is 6.06. The Labute approximate surface area is 112 Å². The van der Waals surface area contributed by atoms with Crippen LogP contribution >= 0.6 is 24.0 Å². The number of fused-ring (bicyclic) bond motifs is 1. The lowest BCUT2D eigenvalue weighted by Gasteiger charge is -2.22. The van der Waals surface area contributed by atoms with Crippen molar-refractivity contribution in [1.29, 1.82) is 0 Å². The molecular weight excluding hydrogens is 255 g/mol. The van der Waals surface area contributed by atoms with Crippen molar-refractivity contribution in [3.63, 3.8) is 0 Å². The molecule has 1 aromatic carbocycles. The summed E-state index contributed by atoms with van der Waals surface area (Å²) >= 11 is 6.06. The lowest BCUT2D eigenvalue weighted by molar-refractivity contribution is 0.462. The van der Waals surface area contributed by atoms with Crippen molar-refractivity contribution in [3.8, 4) is 0 Å². The Bertz CT molecular complexity index is 501. The van der Waals surface area contributed by atoms with Gasteiger partial charge in [0.2, 0.25) is 0 Å². The van der Waals surface area contributed by atoms with Gasteiger partial charge in [0, 0.05) is 22.1 Å². The molecule has 2 heterocycles. The van der Waals surface area contributed by atoms with E-state index in [-0.39, 0.29) is 12.4 Å². The van der Waals surface area contributed by atoms with Crippen LogP contribution in [0, 0.1) is 0 Å². The molecule has 17 heavy (non-hydrogen) atoms. The molecule has 1 aliphatic rings. The molecule has 1 fully saturated rings. The topological polar surface area (TPSA) is 27.8 Å². The zero-order valence-electron chi connectivity index (χ0n) is 9.50. The van der Waals surface area contributed by atoms with Crippen LogP contribution in [0.1, 0.15) is 24.3 Å². The van der Waals surface area contributed by atoms with E-state index in [1.54, 1.807) is 0 Å². The molecule has 0 amide bonds. The summed E-state index contributed by atoms with van der Waals surface area (Å²) in [6.07, 6.45) is 4.59. The van der Waals surface area contributed by atoms with Gasteiger partial charge in [0.05, 0.1) is 0 Å². The van der Waals surface area contributed by atoms with E-state index < -0.39 is 0 Å². The van der Waals surface area contributed by atoms with E-state index >= 15 is 0 Å². The number of halogens is 2. The standard InChI is InChI=1S/C13H15ClN2.ClH/c14-10-1-2-13-11(7-10)12(8-16-13)9-3-5-15-6-4-9;/h1-2,7-9,15-16H,3-6H2;1H. The van der Waals surface area contributed by atoms with Crippen LogP contribution in [0.4, 0.5) is 0 Å². The zero-order valence-corrected chi connectivity index (χ0v) is 11.1. The number of aromatic amines is 1. The molecule has 4 heteroatoms. The van der Waals surface area contributed by atoms with Gasteiger partial charge in [-0.05, 0) is 55.6 Å². The summed E-state index contributed by atoms with van der Waals surface area (Å²) in [6, 6.07) is 6.07. The molecule has 0 unspecified atom stereocenters. The summed E-state index contributed by atoms with van der Waals surface area (Å²) in [5, 5.41) is 5.51. The second kappa shape index (κ2) is 5.30. The van der Waals surface area contributed by atoms with Crippen molar-refractivity contribution in [2.24, 2.45) is 0 Å². The molecule has 0 bridgehead atoms. The first kappa shape index (κ1) is 12.7. The van der Waals surface area contributed by atoms with E-state index in [1.807, 2.05) is 6.07 Å². The summed E-state index contributed by atoms with van der Waals surface area (Å²) in [6.45, 7) is 2.25. The monoisotopic (exact) mass is 270 g/mol. The number of H-pyrrole nitrogens is 1. The Kier molecular flexibility index (Phi) is 3.97. The van der Waals surface area contributed by atoms with Gasteiger partial charge in [0.1, 0.15) is 0 Å². The third-order valence-corrected chi connectivity index (χ3v) is 3.69. The second-order valence-corrected chi connectivity index (χ2v) is 4.89. The first-order chi connectivity index (χ1) is 7.84. The minimum absolute atomic E-state index is 0. The van der Waals surface area contributed by atoms with Crippen LogP contribution in [0.2, 0.25) is 5.02 Å². The van der Waals surface area contributed by atoms with E-state index in [2.05, 4.69) is 28.6 Å². The lowest BCUT2D eigenvalue weighted by Crippen LogP contribution is -2.26. The molecule has 0 atom stereocenters. The Morgan fingerprint density at radius 1 is 1.18 bits per heavy atom. The highest BCUT2D eigenvalue weighted by Crippen LogP contribution is 2.32.